The van der Waals surface area contributed by atoms with Crippen LogP contribution in [0.4, 0.5) is 0 Å². The molecule has 0 aliphatic heterocycles. The largest absolute Gasteiger partial charge is 0.264 e. The fourth-order valence-electron chi connectivity index (χ4n) is 2.61. The van der Waals surface area contributed by atoms with Crippen molar-refractivity contribution in [2.24, 2.45) is 0 Å². The fraction of sp³-hybridized carbons (Fsp3) is 0. The van der Waals surface area contributed by atoms with Crippen LogP contribution >= 0.6 is 0 Å². The van der Waals surface area contributed by atoms with Crippen molar-refractivity contribution in [3.8, 4) is 0 Å². The van der Waals surface area contributed by atoms with E-state index in [0.717, 1.165) is 5.52 Å². The maximum absolute atomic E-state index is 4.54. The summed E-state index contributed by atoms with van der Waals surface area (Å²) < 4.78 is 0. The van der Waals surface area contributed by atoms with Crippen LogP contribution in [0.25, 0.3) is 32.4 Å². The molecule has 84 valence electrons. The summed E-state index contributed by atoms with van der Waals surface area (Å²) in [6.45, 7) is 0. The highest BCUT2D eigenvalue weighted by molar-refractivity contribution is 6.23. The predicted molar refractivity (Wildman–Crippen MR) is 74.6 cm³/mol. The third-order valence-electron chi connectivity index (χ3n) is 3.39. The summed E-state index contributed by atoms with van der Waals surface area (Å²) >= 11 is 0. The molecule has 18 heavy (non-hydrogen) atoms. The number of benzene rings is 2. The van der Waals surface area contributed by atoms with Crippen molar-refractivity contribution in [3.05, 3.63) is 61.1 Å². The summed E-state index contributed by atoms with van der Waals surface area (Å²) in [6, 6.07) is 14.5. The minimum atomic E-state index is 1.06. The van der Waals surface area contributed by atoms with E-state index in [0.29, 0.717) is 0 Å². The average molecular weight is 230 g/mol. The van der Waals surface area contributed by atoms with Gasteiger partial charge in [0.25, 0.3) is 0 Å². The SMILES string of the molecule is c1ccc2c(c1)c1cnccc1c1cccnc21. The second-order valence-electron chi connectivity index (χ2n) is 4.37. The Morgan fingerprint density at radius 1 is 0.611 bits per heavy atom. The quantitative estimate of drug-likeness (QED) is 0.428. The summed E-state index contributed by atoms with van der Waals surface area (Å²) in [7, 11) is 0. The average Bonchev–Trinajstić information content (AvgIpc) is 2.48. The first kappa shape index (κ1) is 9.54. The lowest BCUT2D eigenvalue weighted by atomic mass is 9.99. The van der Waals surface area contributed by atoms with Gasteiger partial charge in [0.1, 0.15) is 0 Å². The molecule has 0 unspecified atom stereocenters. The zero-order chi connectivity index (χ0) is 11.9. The van der Waals surface area contributed by atoms with Crippen molar-refractivity contribution in [2.75, 3.05) is 0 Å². The molecule has 2 aromatic carbocycles. The molecule has 2 heterocycles. The Balaban J connectivity index is 2.46. The number of hydrogen-bond donors (Lipinski definition) is 0. The van der Waals surface area contributed by atoms with Crippen molar-refractivity contribution < 1.29 is 0 Å². The van der Waals surface area contributed by atoms with Gasteiger partial charge in [-0.05, 0) is 22.9 Å². The molecular formula is C16H10N2. The Bertz CT molecular complexity index is 661. The predicted octanol–water partition coefficient (Wildman–Crippen LogP) is 3.94. The molecule has 0 fully saturated rings. The van der Waals surface area contributed by atoms with Crippen molar-refractivity contribution in [1.29, 1.82) is 0 Å². The van der Waals surface area contributed by atoms with Crippen LogP contribution in [0.3, 0.4) is 0 Å². The van der Waals surface area contributed by atoms with Crippen LogP contribution in [-0.2, 0) is 0 Å². The molecule has 0 saturated heterocycles. The van der Waals surface area contributed by atoms with Crippen LogP contribution in [-0.4, -0.2) is 9.97 Å². The van der Waals surface area contributed by atoms with E-state index in [1.807, 2.05) is 24.7 Å². The first-order valence-corrected chi connectivity index (χ1v) is 5.94. The highest BCUT2D eigenvalue weighted by Crippen LogP contribution is 2.32. The molecule has 2 heteroatoms. The Labute approximate surface area is 104 Å². The van der Waals surface area contributed by atoms with E-state index in [1.54, 1.807) is 0 Å². The number of nitrogens with zero attached hydrogens (tertiary/aromatic N) is 2. The topological polar surface area (TPSA) is 25.8 Å². The first-order valence-electron chi connectivity index (χ1n) is 5.94. The van der Waals surface area contributed by atoms with Crippen LogP contribution < -0.4 is 0 Å². The summed E-state index contributed by atoms with van der Waals surface area (Å²) in [5.41, 5.74) is 1.06. The van der Waals surface area contributed by atoms with Gasteiger partial charge in [-0.2, -0.15) is 0 Å². The highest BCUT2D eigenvalue weighted by atomic mass is 14.7. The van der Waals surface area contributed by atoms with Gasteiger partial charge in [-0.1, -0.05) is 30.3 Å². The molecule has 0 amide bonds. The minimum Gasteiger partial charge on any atom is -0.264 e. The Morgan fingerprint density at radius 2 is 1.33 bits per heavy atom. The molecule has 4 aromatic rings. The van der Waals surface area contributed by atoms with Gasteiger partial charge < -0.3 is 0 Å². The minimum absolute atomic E-state index is 1.06. The standard InChI is InChI=1S/C16H10N2/c1-2-5-13-11(4-1)15-10-17-9-7-12(15)14-6-3-8-18-16(13)14/h1-10H. The van der Waals surface area contributed by atoms with Gasteiger partial charge in [-0.15, -0.1) is 0 Å². The zero-order valence-corrected chi connectivity index (χ0v) is 9.67. The zero-order valence-electron chi connectivity index (χ0n) is 9.67. The van der Waals surface area contributed by atoms with Gasteiger partial charge in [-0.25, -0.2) is 0 Å². The van der Waals surface area contributed by atoms with E-state index >= 15 is 0 Å². The lowest BCUT2D eigenvalue weighted by Crippen LogP contribution is -1.85. The second kappa shape index (κ2) is 3.50. The molecule has 2 nitrogen and oxygen atoms in total. The van der Waals surface area contributed by atoms with E-state index in [-0.39, 0.29) is 0 Å². The molecule has 0 radical (unpaired) electrons. The molecule has 0 bridgehead atoms. The first-order chi connectivity index (χ1) is 8.95. The lowest BCUT2D eigenvalue weighted by molar-refractivity contribution is 1.37. The highest BCUT2D eigenvalue weighted by Gasteiger charge is 2.07. The molecule has 0 saturated carbocycles. The van der Waals surface area contributed by atoms with Gasteiger partial charge >= 0.3 is 0 Å². The van der Waals surface area contributed by atoms with Crippen molar-refractivity contribution >= 4 is 32.4 Å². The Kier molecular flexibility index (Phi) is 1.86. The number of fused-ring (bicyclic) bond motifs is 6. The molecule has 0 spiro atoms. The van der Waals surface area contributed by atoms with Crippen molar-refractivity contribution in [3.63, 3.8) is 0 Å². The Morgan fingerprint density at radius 3 is 2.22 bits per heavy atom. The van der Waals surface area contributed by atoms with Crippen LogP contribution in [0.5, 0.6) is 0 Å². The van der Waals surface area contributed by atoms with Gasteiger partial charge in [0.05, 0.1) is 5.52 Å². The van der Waals surface area contributed by atoms with E-state index in [4.69, 9.17) is 0 Å². The molecule has 0 aliphatic rings. The van der Waals surface area contributed by atoms with Crippen LogP contribution in [0.1, 0.15) is 0 Å². The van der Waals surface area contributed by atoms with E-state index in [2.05, 4.69) is 46.4 Å². The second-order valence-corrected chi connectivity index (χ2v) is 4.37. The lowest BCUT2D eigenvalue weighted by Gasteiger charge is -2.08. The van der Waals surface area contributed by atoms with E-state index < -0.39 is 0 Å². The number of hydrogen-bond acceptors (Lipinski definition) is 2. The Hall–Kier alpha value is -2.48. The molecule has 0 aliphatic carbocycles. The van der Waals surface area contributed by atoms with Gasteiger partial charge in [-0.3, -0.25) is 9.97 Å². The third kappa shape index (κ3) is 1.17. The van der Waals surface area contributed by atoms with Gasteiger partial charge in [0.2, 0.25) is 0 Å². The van der Waals surface area contributed by atoms with Gasteiger partial charge in [0, 0.05) is 34.7 Å². The number of aromatic nitrogens is 2. The fourth-order valence-corrected chi connectivity index (χ4v) is 2.61. The summed E-state index contributed by atoms with van der Waals surface area (Å²) in [4.78, 5) is 8.79. The molecular weight excluding hydrogens is 220 g/mol. The maximum Gasteiger partial charge on any atom is 0.0786 e. The third-order valence-corrected chi connectivity index (χ3v) is 3.39. The molecule has 4 rings (SSSR count). The summed E-state index contributed by atoms with van der Waals surface area (Å²) in [5.74, 6) is 0. The van der Waals surface area contributed by atoms with E-state index in [9.17, 15) is 0 Å². The molecule has 0 atom stereocenters. The van der Waals surface area contributed by atoms with Crippen LogP contribution in [0, 0.1) is 0 Å². The van der Waals surface area contributed by atoms with E-state index in [1.165, 1.54) is 26.9 Å². The summed E-state index contributed by atoms with van der Waals surface area (Å²) in [5, 5.41) is 5.99. The van der Waals surface area contributed by atoms with Crippen molar-refractivity contribution in [1.82, 2.24) is 9.97 Å². The monoisotopic (exact) mass is 230 g/mol. The number of rotatable bonds is 0. The molecule has 2 aromatic heterocycles. The maximum atomic E-state index is 4.54. The summed E-state index contributed by atoms with van der Waals surface area (Å²) in [6.07, 6.45) is 5.62. The van der Waals surface area contributed by atoms with Gasteiger partial charge in [0.15, 0.2) is 0 Å². The smallest absolute Gasteiger partial charge is 0.0786 e. The van der Waals surface area contributed by atoms with Crippen LogP contribution in [0.15, 0.2) is 61.1 Å². The molecule has 0 N–H and O–H groups in total. The normalized spacial score (nSPS) is 11.3. The van der Waals surface area contributed by atoms with Crippen molar-refractivity contribution in [2.45, 2.75) is 0 Å². The number of pyridine rings is 2. The van der Waals surface area contributed by atoms with Crippen LogP contribution in [0.2, 0.25) is 0 Å².